The number of aromatic hydroxyl groups is 1. The number of fused-ring (bicyclic) bond motifs is 1. The van der Waals surface area contributed by atoms with Crippen molar-refractivity contribution in [2.75, 3.05) is 5.32 Å². The third kappa shape index (κ3) is 4.46. The van der Waals surface area contributed by atoms with Crippen molar-refractivity contribution in [2.24, 2.45) is 0 Å². The van der Waals surface area contributed by atoms with Crippen LogP contribution in [0.1, 0.15) is 10.4 Å². The lowest BCUT2D eigenvalue weighted by Gasteiger charge is -2.09. The van der Waals surface area contributed by atoms with Crippen LogP contribution in [0.25, 0.3) is 22.6 Å². The smallest absolute Gasteiger partial charge is 0.257 e. The molecule has 0 aliphatic heterocycles. The van der Waals surface area contributed by atoms with Crippen LogP contribution < -0.4 is 10.6 Å². The maximum atomic E-state index is 12.3. The second-order valence-corrected chi connectivity index (χ2v) is 7.99. The van der Waals surface area contributed by atoms with E-state index in [4.69, 9.17) is 28.2 Å². The van der Waals surface area contributed by atoms with Crippen molar-refractivity contribution in [3.63, 3.8) is 0 Å². The fourth-order valence-electron chi connectivity index (χ4n) is 2.74. The Kier molecular flexibility index (Phi) is 5.72. The number of nitrogens with zero attached hydrogens (tertiary/aromatic N) is 1. The number of phenols is 1. The number of hydrogen-bond acceptors (Lipinski definition) is 5. The zero-order valence-electron chi connectivity index (χ0n) is 15.1. The number of thiocarbonyl (C=S) groups is 1. The third-order valence-corrected chi connectivity index (χ3v) is 5.23. The van der Waals surface area contributed by atoms with Crippen LogP contribution in [-0.4, -0.2) is 21.1 Å². The molecule has 9 heteroatoms. The van der Waals surface area contributed by atoms with Gasteiger partial charge in [0.15, 0.2) is 10.7 Å². The van der Waals surface area contributed by atoms with Crippen molar-refractivity contribution in [1.29, 1.82) is 0 Å². The Balaban J connectivity index is 1.50. The summed E-state index contributed by atoms with van der Waals surface area (Å²) in [4.78, 5) is 16.8. The molecule has 0 radical (unpaired) electrons. The number of rotatable bonds is 3. The van der Waals surface area contributed by atoms with Crippen LogP contribution in [0.5, 0.6) is 5.75 Å². The summed E-state index contributed by atoms with van der Waals surface area (Å²) in [6.07, 6.45) is 0. The highest BCUT2D eigenvalue weighted by Gasteiger charge is 2.12. The highest BCUT2D eigenvalue weighted by Crippen LogP contribution is 2.31. The molecule has 0 bridgehead atoms. The van der Waals surface area contributed by atoms with E-state index in [1.807, 2.05) is 0 Å². The van der Waals surface area contributed by atoms with Gasteiger partial charge in [0.05, 0.1) is 4.47 Å². The van der Waals surface area contributed by atoms with Gasteiger partial charge in [-0.25, -0.2) is 4.98 Å². The van der Waals surface area contributed by atoms with Gasteiger partial charge in [0.2, 0.25) is 5.89 Å². The van der Waals surface area contributed by atoms with Gasteiger partial charge in [0.25, 0.3) is 5.91 Å². The maximum Gasteiger partial charge on any atom is 0.257 e. The van der Waals surface area contributed by atoms with Crippen molar-refractivity contribution in [3.05, 3.63) is 75.7 Å². The minimum atomic E-state index is -0.363. The van der Waals surface area contributed by atoms with Crippen molar-refractivity contribution in [2.45, 2.75) is 0 Å². The summed E-state index contributed by atoms with van der Waals surface area (Å²) >= 11 is 14.4. The first-order valence-corrected chi connectivity index (χ1v) is 10.2. The predicted molar refractivity (Wildman–Crippen MR) is 124 cm³/mol. The Bertz CT molecular complexity index is 1290. The van der Waals surface area contributed by atoms with Crippen molar-refractivity contribution in [3.8, 4) is 17.2 Å². The molecule has 150 valence electrons. The zero-order valence-corrected chi connectivity index (χ0v) is 18.3. The summed E-state index contributed by atoms with van der Waals surface area (Å²) in [5, 5.41) is 15.8. The van der Waals surface area contributed by atoms with Crippen LogP contribution in [0.4, 0.5) is 5.69 Å². The summed E-state index contributed by atoms with van der Waals surface area (Å²) < 4.78 is 6.33. The minimum Gasteiger partial charge on any atom is -0.507 e. The highest BCUT2D eigenvalue weighted by atomic mass is 79.9. The number of anilines is 1. The monoisotopic (exact) mass is 501 g/mol. The number of carbonyl (C=O) groups excluding carboxylic acids is 1. The van der Waals surface area contributed by atoms with Gasteiger partial charge in [-0.2, -0.15) is 0 Å². The second kappa shape index (κ2) is 8.43. The molecule has 0 saturated heterocycles. The van der Waals surface area contributed by atoms with E-state index in [0.29, 0.717) is 37.7 Å². The van der Waals surface area contributed by atoms with Crippen LogP contribution >= 0.6 is 39.7 Å². The lowest BCUT2D eigenvalue weighted by Crippen LogP contribution is -2.34. The SMILES string of the molecule is O=C(NC(=S)Nc1ccc2oc(-c3ccc(O)c(Br)c3)nc2c1)c1cccc(Cl)c1. The molecule has 0 aliphatic rings. The molecule has 0 aliphatic carbocycles. The number of phenolic OH excluding ortho intramolecular Hbond substituents is 1. The van der Waals surface area contributed by atoms with E-state index >= 15 is 0 Å². The molecule has 1 aromatic heterocycles. The Morgan fingerprint density at radius 2 is 1.97 bits per heavy atom. The second-order valence-electron chi connectivity index (χ2n) is 6.29. The highest BCUT2D eigenvalue weighted by molar-refractivity contribution is 9.10. The van der Waals surface area contributed by atoms with Gasteiger partial charge in [-0.05, 0) is 82.7 Å². The summed E-state index contributed by atoms with van der Waals surface area (Å²) in [5.74, 6) is 0.187. The van der Waals surface area contributed by atoms with E-state index in [-0.39, 0.29) is 16.8 Å². The van der Waals surface area contributed by atoms with Gasteiger partial charge in [0, 0.05) is 21.8 Å². The van der Waals surface area contributed by atoms with Crippen LogP contribution in [0.15, 0.2) is 69.6 Å². The van der Waals surface area contributed by atoms with Gasteiger partial charge < -0.3 is 14.8 Å². The first-order chi connectivity index (χ1) is 14.4. The fourth-order valence-corrected chi connectivity index (χ4v) is 3.52. The maximum absolute atomic E-state index is 12.3. The molecular formula is C21H13BrClN3O3S. The number of amides is 1. The van der Waals surface area contributed by atoms with E-state index in [0.717, 1.165) is 5.56 Å². The third-order valence-electron chi connectivity index (χ3n) is 4.15. The molecule has 6 nitrogen and oxygen atoms in total. The van der Waals surface area contributed by atoms with Crippen LogP contribution in [0.3, 0.4) is 0 Å². The van der Waals surface area contributed by atoms with Crippen LogP contribution in [0.2, 0.25) is 5.02 Å². The van der Waals surface area contributed by atoms with Crippen molar-refractivity contribution >= 4 is 67.6 Å². The quantitative estimate of drug-likeness (QED) is 0.310. The molecule has 4 rings (SSSR count). The molecule has 1 amide bonds. The Morgan fingerprint density at radius 1 is 1.13 bits per heavy atom. The van der Waals surface area contributed by atoms with Crippen LogP contribution in [-0.2, 0) is 0 Å². The Morgan fingerprint density at radius 3 is 2.73 bits per heavy atom. The summed E-state index contributed by atoms with van der Waals surface area (Å²) in [5.41, 5.74) is 2.97. The van der Waals surface area contributed by atoms with E-state index in [2.05, 4.69) is 31.5 Å². The summed E-state index contributed by atoms with van der Waals surface area (Å²) in [7, 11) is 0. The normalized spacial score (nSPS) is 10.7. The lowest BCUT2D eigenvalue weighted by molar-refractivity contribution is 0.0977. The van der Waals surface area contributed by atoms with Gasteiger partial charge in [-0.1, -0.05) is 17.7 Å². The molecule has 30 heavy (non-hydrogen) atoms. The van der Waals surface area contributed by atoms with Gasteiger partial charge >= 0.3 is 0 Å². The molecule has 0 saturated carbocycles. The molecule has 1 heterocycles. The Hall–Kier alpha value is -2.94. The molecule has 0 unspecified atom stereocenters. The minimum absolute atomic E-state index is 0.134. The molecule has 4 aromatic rings. The number of carbonyl (C=O) groups is 1. The molecule has 0 fully saturated rings. The molecule has 3 aromatic carbocycles. The molecular weight excluding hydrogens is 490 g/mol. The average molecular weight is 503 g/mol. The first kappa shape index (κ1) is 20.3. The van der Waals surface area contributed by atoms with E-state index < -0.39 is 0 Å². The topological polar surface area (TPSA) is 87.4 Å². The van der Waals surface area contributed by atoms with Gasteiger partial charge in [-0.3, -0.25) is 10.1 Å². The first-order valence-electron chi connectivity index (χ1n) is 8.66. The van der Waals surface area contributed by atoms with Crippen LogP contribution in [0, 0.1) is 0 Å². The predicted octanol–water partition coefficient (Wildman–Crippen LogP) is 5.74. The number of benzene rings is 3. The van der Waals surface area contributed by atoms with E-state index in [1.54, 1.807) is 60.7 Å². The molecule has 0 atom stereocenters. The van der Waals surface area contributed by atoms with Crippen molar-refractivity contribution in [1.82, 2.24) is 10.3 Å². The average Bonchev–Trinajstić information content (AvgIpc) is 3.13. The molecule has 0 spiro atoms. The van der Waals surface area contributed by atoms with Gasteiger partial charge in [0.1, 0.15) is 11.3 Å². The van der Waals surface area contributed by atoms with E-state index in [1.165, 1.54) is 0 Å². The van der Waals surface area contributed by atoms with Crippen molar-refractivity contribution < 1.29 is 14.3 Å². The number of halogens is 2. The zero-order chi connectivity index (χ0) is 21.3. The largest absolute Gasteiger partial charge is 0.507 e. The summed E-state index contributed by atoms with van der Waals surface area (Å²) in [6, 6.07) is 16.9. The van der Waals surface area contributed by atoms with E-state index in [9.17, 15) is 9.90 Å². The number of aromatic nitrogens is 1. The number of hydrogen-bond donors (Lipinski definition) is 3. The fraction of sp³-hybridized carbons (Fsp3) is 0. The molecule has 3 N–H and O–H groups in total. The number of nitrogens with one attached hydrogen (secondary N) is 2. The van der Waals surface area contributed by atoms with Gasteiger partial charge in [-0.15, -0.1) is 0 Å². The summed E-state index contributed by atoms with van der Waals surface area (Å²) in [6.45, 7) is 0. The Labute approximate surface area is 190 Å². The standard InChI is InChI=1S/C21H13BrClN3O3S/c22-15-9-12(4-6-17(15)27)20-25-16-10-14(5-7-18(16)29-20)24-21(30)26-19(28)11-2-1-3-13(23)8-11/h1-10,27H,(H2,24,26,28,30). The number of oxazole rings is 1. The lowest BCUT2D eigenvalue weighted by atomic mass is 10.2.